The van der Waals surface area contributed by atoms with Gasteiger partial charge in [0.25, 0.3) is 5.91 Å². The third kappa shape index (κ3) is 5.24. The van der Waals surface area contributed by atoms with Gasteiger partial charge in [-0.3, -0.25) is 4.79 Å². The van der Waals surface area contributed by atoms with Crippen LogP contribution in [0.3, 0.4) is 0 Å². The van der Waals surface area contributed by atoms with Crippen molar-refractivity contribution in [1.82, 2.24) is 5.32 Å². The van der Waals surface area contributed by atoms with Crippen LogP contribution in [-0.4, -0.2) is 42.9 Å². The van der Waals surface area contributed by atoms with E-state index >= 15 is 0 Å². The number of aliphatic hydroxyl groups excluding tert-OH is 1. The number of rotatable bonds is 8. The monoisotopic (exact) mass is 296 g/mol. The quantitative estimate of drug-likeness (QED) is 0.663. The summed E-state index contributed by atoms with van der Waals surface area (Å²) in [6.07, 6.45) is -0.676. The summed E-state index contributed by atoms with van der Waals surface area (Å²) < 4.78 is 10.9. The van der Waals surface area contributed by atoms with Crippen LogP contribution in [0.15, 0.2) is 18.2 Å². The van der Waals surface area contributed by atoms with Gasteiger partial charge in [0.15, 0.2) is 11.5 Å². The lowest BCUT2D eigenvalue weighted by Crippen LogP contribution is -2.43. The molecule has 6 nitrogen and oxygen atoms in total. The fourth-order valence-electron chi connectivity index (χ4n) is 1.68. The van der Waals surface area contributed by atoms with Crippen LogP contribution in [0.1, 0.15) is 31.1 Å². The molecule has 0 fully saturated rings. The molecule has 2 unspecified atom stereocenters. The molecule has 4 N–H and O–H groups in total. The van der Waals surface area contributed by atoms with E-state index in [1.807, 2.05) is 13.8 Å². The van der Waals surface area contributed by atoms with E-state index in [0.717, 1.165) is 0 Å². The van der Waals surface area contributed by atoms with Crippen LogP contribution in [0.5, 0.6) is 11.5 Å². The van der Waals surface area contributed by atoms with Crippen LogP contribution in [-0.2, 0) is 0 Å². The highest BCUT2D eigenvalue weighted by molar-refractivity contribution is 5.94. The summed E-state index contributed by atoms with van der Waals surface area (Å²) in [7, 11) is 0. The Morgan fingerprint density at radius 2 is 1.90 bits per heavy atom. The van der Waals surface area contributed by atoms with Gasteiger partial charge in [0, 0.05) is 18.2 Å². The Bertz CT molecular complexity index is 463. The summed E-state index contributed by atoms with van der Waals surface area (Å²) in [6.45, 7) is 6.54. The lowest BCUT2D eigenvalue weighted by Gasteiger charge is -2.16. The Labute approximate surface area is 125 Å². The van der Waals surface area contributed by atoms with Gasteiger partial charge in [-0.2, -0.15) is 0 Å². The summed E-state index contributed by atoms with van der Waals surface area (Å²) in [4.78, 5) is 12.1. The topological polar surface area (TPSA) is 93.8 Å². The number of carbonyl (C=O) groups excluding carboxylic acids is 1. The minimum Gasteiger partial charge on any atom is -0.490 e. The lowest BCUT2D eigenvalue weighted by atomic mass is 10.1. The van der Waals surface area contributed by atoms with Gasteiger partial charge in [0.05, 0.1) is 19.3 Å². The highest BCUT2D eigenvalue weighted by Gasteiger charge is 2.14. The molecule has 0 aliphatic carbocycles. The Morgan fingerprint density at radius 3 is 2.48 bits per heavy atom. The maximum absolute atomic E-state index is 12.1. The molecule has 0 spiro atoms. The fourth-order valence-corrected chi connectivity index (χ4v) is 1.68. The zero-order valence-corrected chi connectivity index (χ0v) is 12.8. The summed E-state index contributed by atoms with van der Waals surface area (Å²) in [5, 5.41) is 12.0. The van der Waals surface area contributed by atoms with Crippen LogP contribution in [0.4, 0.5) is 0 Å². The molecule has 0 saturated carbocycles. The summed E-state index contributed by atoms with van der Waals surface area (Å²) >= 11 is 0. The van der Waals surface area contributed by atoms with E-state index in [4.69, 9.17) is 15.2 Å². The first-order chi connectivity index (χ1) is 9.99. The van der Waals surface area contributed by atoms with Crippen molar-refractivity contribution in [2.45, 2.75) is 32.9 Å². The van der Waals surface area contributed by atoms with E-state index in [9.17, 15) is 9.90 Å². The average Bonchev–Trinajstić information content (AvgIpc) is 2.46. The van der Waals surface area contributed by atoms with Gasteiger partial charge >= 0.3 is 0 Å². The zero-order valence-electron chi connectivity index (χ0n) is 12.8. The summed E-state index contributed by atoms with van der Waals surface area (Å²) in [5.74, 6) is 0.874. The molecular weight excluding hydrogens is 272 g/mol. The molecule has 0 aliphatic rings. The minimum absolute atomic E-state index is 0.202. The van der Waals surface area contributed by atoms with Gasteiger partial charge in [0.2, 0.25) is 0 Å². The van der Waals surface area contributed by atoms with Crippen molar-refractivity contribution in [2.75, 3.05) is 19.8 Å². The van der Waals surface area contributed by atoms with Crippen molar-refractivity contribution >= 4 is 5.91 Å². The number of benzene rings is 1. The highest BCUT2D eigenvalue weighted by atomic mass is 16.5. The Balaban J connectivity index is 2.78. The number of amides is 1. The standard InChI is InChI=1S/C15H24N2O4/c1-4-20-13-7-6-11(8-14(13)21-5-2)15(19)17-9-12(16)10(3)18/h6-8,10,12,18H,4-5,9,16H2,1-3H3,(H,17,19). The number of nitrogens with one attached hydrogen (secondary N) is 1. The van der Waals surface area contributed by atoms with Crippen LogP contribution < -0.4 is 20.5 Å². The van der Waals surface area contributed by atoms with Crippen molar-refractivity contribution in [3.63, 3.8) is 0 Å². The van der Waals surface area contributed by atoms with E-state index in [0.29, 0.717) is 30.3 Å². The molecule has 0 heterocycles. The number of carbonyl (C=O) groups is 1. The molecule has 0 radical (unpaired) electrons. The van der Waals surface area contributed by atoms with Gasteiger partial charge < -0.3 is 25.6 Å². The van der Waals surface area contributed by atoms with Crippen molar-refractivity contribution in [3.8, 4) is 11.5 Å². The van der Waals surface area contributed by atoms with Gasteiger partial charge in [-0.1, -0.05) is 0 Å². The van der Waals surface area contributed by atoms with Gasteiger partial charge in [0.1, 0.15) is 0 Å². The predicted octanol–water partition coefficient (Wildman–Crippen LogP) is 0.922. The average molecular weight is 296 g/mol. The second-order valence-electron chi connectivity index (χ2n) is 4.64. The van der Waals surface area contributed by atoms with E-state index < -0.39 is 12.1 Å². The molecule has 2 atom stereocenters. The highest BCUT2D eigenvalue weighted by Crippen LogP contribution is 2.28. The van der Waals surface area contributed by atoms with E-state index in [1.165, 1.54) is 0 Å². The summed E-state index contributed by atoms with van der Waals surface area (Å²) in [5.41, 5.74) is 6.13. The maximum atomic E-state index is 12.1. The second-order valence-corrected chi connectivity index (χ2v) is 4.64. The number of hydrogen-bond acceptors (Lipinski definition) is 5. The SMILES string of the molecule is CCOc1ccc(C(=O)NCC(N)C(C)O)cc1OCC. The largest absolute Gasteiger partial charge is 0.490 e. The third-order valence-electron chi connectivity index (χ3n) is 2.92. The maximum Gasteiger partial charge on any atom is 0.251 e. The predicted molar refractivity (Wildman–Crippen MR) is 80.8 cm³/mol. The Morgan fingerprint density at radius 1 is 1.29 bits per heavy atom. The second kappa shape index (κ2) is 8.49. The van der Waals surface area contributed by atoms with Gasteiger partial charge in [-0.15, -0.1) is 0 Å². The van der Waals surface area contributed by atoms with E-state index in [2.05, 4.69) is 5.32 Å². The lowest BCUT2D eigenvalue weighted by molar-refractivity contribution is 0.0937. The first kappa shape index (κ1) is 17.3. The zero-order chi connectivity index (χ0) is 15.8. The smallest absolute Gasteiger partial charge is 0.251 e. The molecule has 21 heavy (non-hydrogen) atoms. The first-order valence-electron chi connectivity index (χ1n) is 7.11. The fraction of sp³-hybridized carbons (Fsp3) is 0.533. The van der Waals surface area contributed by atoms with E-state index in [1.54, 1.807) is 25.1 Å². The van der Waals surface area contributed by atoms with Crippen molar-refractivity contribution in [3.05, 3.63) is 23.8 Å². The molecule has 1 rings (SSSR count). The number of hydrogen-bond donors (Lipinski definition) is 3. The summed E-state index contributed by atoms with van der Waals surface area (Å²) in [6, 6.07) is 4.51. The van der Waals surface area contributed by atoms with Crippen LogP contribution in [0.2, 0.25) is 0 Å². The number of ether oxygens (including phenoxy) is 2. The first-order valence-corrected chi connectivity index (χ1v) is 7.11. The van der Waals surface area contributed by atoms with Crippen molar-refractivity contribution in [1.29, 1.82) is 0 Å². The third-order valence-corrected chi connectivity index (χ3v) is 2.92. The number of nitrogens with two attached hydrogens (primary N) is 1. The molecule has 0 aliphatic heterocycles. The van der Waals surface area contributed by atoms with Gasteiger partial charge in [-0.25, -0.2) is 0 Å². The molecule has 118 valence electrons. The molecule has 0 aromatic heterocycles. The molecule has 0 bridgehead atoms. The molecule has 1 amide bonds. The van der Waals surface area contributed by atoms with Crippen LogP contribution >= 0.6 is 0 Å². The Kier molecular flexibility index (Phi) is 6.98. The molecule has 0 saturated heterocycles. The van der Waals surface area contributed by atoms with Crippen molar-refractivity contribution < 1.29 is 19.4 Å². The van der Waals surface area contributed by atoms with Crippen LogP contribution in [0.25, 0.3) is 0 Å². The van der Waals surface area contributed by atoms with Gasteiger partial charge in [-0.05, 0) is 39.0 Å². The van der Waals surface area contributed by atoms with Crippen LogP contribution in [0, 0.1) is 0 Å². The Hall–Kier alpha value is -1.79. The van der Waals surface area contributed by atoms with Crippen molar-refractivity contribution in [2.24, 2.45) is 5.73 Å². The number of aliphatic hydroxyl groups is 1. The molecular formula is C15H24N2O4. The normalized spacial score (nSPS) is 13.4. The van der Waals surface area contributed by atoms with E-state index in [-0.39, 0.29) is 12.5 Å². The molecule has 1 aromatic rings. The minimum atomic E-state index is -0.676. The molecule has 1 aromatic carbocycles. The molecule has 6 heteroatoms.